The summed E-state index contributed by atoms with van der Waals surface area (Å²) in [4.78, 5) is 32.5. The van der Waals surface area contributed by atoms with Crippen molar-refractivity contribution < 1.29 is 14.3 Å². The van der Waals surface area contributed by atoms with Gasteiger partial charge in [-0.2, -0.15) is 0 Å². The fourth-order valence-corrected chi connectivity index (χ4v) is 3.60. The van der Waals surface area contributed by atoms with Crippen molar-refractivity contribution >= 4 is 27.9 Å². The molecule has 2 saturated heterocycles. The standard InChI is InChI=1S/C17H22BrN3O3/c1-17(2)10-21(16(23)24-11-17)12-6-8-20(9-7-12)15(22)13-4-3-5-14(18)19-13/h3-5,12H,6-11H2,1-2H3. The van der Waals surface area contributed by atoms with Crippen LogP contribution in [0.4, 0.5) is 4.79 Å². The normalized spacial score (nSPS) is 21.5. The average molecular weight is 396 g/mol. The molecule has 0 aromatic carbocycles. The summed E-state index contributed by atoms with van der Waals surface area (Å²) >= 11 is 3.29. The third kappa shape index (κ3) is 3.71. The average Bonchev–Trinajstić information content (AvgIpc) is 2.57. The number of likely N-dealkylation sites (tertiary alicyclic amines) is 1. The smallest absolute Gasteiger partial charge is 0.410 e. The number of amides is 2. The fourth-order valence-electron chi connectivity index (χ4n) is 3.26. The van der Waals surface area contributed by atoms with Crippen LogP contribution >= 0.6 is 15.9 Å². The Balaban J connectivity index is 1.61. The van der Waals surface area contributed by atoms with Crippen molar-refractivity contribution in [2.24, 2.45) is 5.41 Å². The van der Waals surface area contributed by atoms with Crippen molar-refractivity contribution in [3.05, 3.63) is 28.5 Å². The first-order chi connectivity index (χ1) is 11.4. The van der Waals surface area contributed by atoms with Crippen LogP contribution in [0.3, 0.4) is 0 Å². The van der Waals surface area contributed by atoms with Crippen LogP contribution < -0.4 is 0 Å². The Kier molecular flexibility index (Phi) is 4.80. The Morgan fingerprint density at radius 3 is 2.71 bits per heavy atom. The quantitative estimate of drug-likeness (QED) is 0.722. The molecular formula is C17H22BrN3O3. The summed E-state index contributed by atoms with van der Waals surface area (Å²) in [6, 6.07) is 5.47. The maximum Gasteiger partial charge on any atom is 0.410 e. The van der Waals surface area contributed by atoms with E-state index in [0.717, 1.165) is 12.8 Å². The van der Waals surface area contributed by atoms with Gasteiger partial charge >= 0.3 is 6.09 Å². The van der Waals surface area contributed by atoms with Gasteiger partial charge in [0.2, 0.25) is 0 Å². The van der Waals surface area contributed by atoms with Gasteiger partial charge in [-0.3, -0.25) is 4.79 Å². The molecule has 0 bridgehead atoms. The number of rotatable bonds is 2. The first kappa shape index (κ1) is 17.2. The largest absolute Gasteiger partial charge is 0.449 e. The molecule has 0 saturated carbocycles. The van der Waals surface area contributed by atoms with Gasteiger partial charge in [0, 0.05) is 31.1 Å². The van der Waals surface area contributed by atoms with Crippen molar-refractivity contribution in [3.63, 3.8) is 0 Å². The molecule has 2 fully saturated rings. The lowest BCUT2D eigenvalue weighted by Gasteiger charge is -2.44. The lowest BCUT2D eigenvalue weighted by Crippen LogP contribution is -2.55. The lowest BCUT2D eigenvalue weighted by atomic mass is 9.91. The molecule has 6 nitrogen and oxygen atoms in total. The minimum absolute atomic E-state index is 0.0267. The van der Waals surface area contributed by atoms with E-state index < -0.39 is 0 Å². The maximum atomic E-state index is 12.5. The van der Waals surface area contributed by atoms with Crippen molar-refractivity contribution in [1.82, 2.24) is 14.8 Å². The summed E-state index contributed by atoms with van der Waals surface area (Å²) in [5.74, 6) is -0.0590. The molecule has 1 aromatic rings. The molecule has 2 amide bonds. The number of halogens is 1. The van der Waals surface area contributed by atoms with Crippen LogP contribution in [0.1, 0.15) is 37.2 Å². The van der Waals surface area contributed by atoms with Crippen LogP contribution in [-0.4, -0.2) is 59.1 Å². The van der Waals surface area contributed by atoms with E-state index in [9.17, 15) is 9.59 Å². The van der Waals surface area contributed by atoms with Gasteiger partial charge in [-0.05, 0) is 40.9 Å². The summed E-state index contributed by atoms with van der Waals surface area (Å²) in [5.41, 5.74) is 0.419. The van der Waals surface area contributed by atoms with Gasteiger partial charge in [-0.1, -0.05) is 19.9 Å². The number of hydrogen-bond acceptors (Lipinski definition) is 4. The summed E-state index contributed by atoms with van der Waals surface area (Å²) < 4.78 is 5.96. The topological polar surface area (TPSA) is 62.7 Å². The van der Waals surface area contributed by atoms with Gasteiger partial charge in [0.1, 0.15) is 10.3 Å². The van der Waals surface area contributed by atoms with Crippen molar-refractivity contribution in [3.8, 4) is 0 Å². The molecule has 0 N–H and O–H groups in total. The second-order valence-electron chi connectivity index (χ2n) is 7.22. The van der Waals surface area contributed by atoms with Crippen molar-refractivity contribution in [2.75, 3.05) is 26.2 Å². The van der Waals surface area contributed by atoms with Crippen LogP contribution in [0.2, 0.25) is 0 Å². The zero-order valence-corrected chi connectivity index (χ0v) is 15.6. The highest BCUT2D eigenvalue weighted by Gasteiger charge is 2.38. The number of carbonyl (C=O) groups excluding carboxylic acids is 2. The first-order valence-corrected chi connectivity index (χ1v) is 9.00. The van der Waals surface area contributed by atoms with E-state index in [2.05, 4.69) is 34.8 Å². The number of carbonyl (C=O) groups is 2. The predicted molar refractivity (Wildman–Crippen MR) is 92.7 cm³/mol. The number of piperidine rings is 1. The highest BCUT2D eigenvalue weighted by atomic mass is 79.9. The van der Waals surface area contributed by atoms with Gasteiger partial charge in [-0.25, -0.2) is 9.78 Å². The SMILES string of the molecule is CC1(C)COC(=O)N(C2CCN(C(=O)c3cccc(Br)n3)CC2)C1. The Morgan fingerprint density at radius 2 is 2.04 bits per heavy atom. The second-order valence-corrected chi connectivity index (χ2v) is 8.03. The first-order valence-electron chi connectivity index (χ1n) is 8.21. The van der Waals surface area contributed by atoms with Gasteiger partial charge in [0.25, 0.3) is 5.91 Å². The Hall–Kier alpha value is -1.63. The second kappa shape index (κ2) is 6.70. The predicted octanol–water partition coefficient (Wildman–Crippen LogP) is 2.93. The third-order valence-corrected chi connectivity index (χ3v) is 4.99. The Morgan fingerprint density at radius 1 is 1.33 bits per heavy atom. The van der Waals surface area contributed by atoms with E-state index in [0.29, 0.717) is 36.5 Å². The Bertz CT molecular complexity index is 642. The molecular weight excluding hydrogens is 374 g/mol. The van der Waals surface area contributed by atoms with E-state index in [4.69, 9.17) is 4.74 Å². The Labute approximate surface area is 150 Å². The monoisotopic (exact) mass is 395 g/mol. The molecule has 3 rings (SSSR count). The molecule has 0 radical (unpaired) electrons. The molecule has 0 unspecified atom stereocenters. The van der Waals surface area contributed by atoms with Crippen LogP contribution in [-0.2, 0) is 4.74 Å². The molecule has 0 spiro atoms. The maximum absolute atomic E-state index is 12.5. The molecule has 3 heterocycles. The number of pyridine rings is 1. The van der Waals surface area contributed by atoms with Crippen LogP contribution in [0.5, 0.6) is 0 Å². The summed E-state index contributed by atoms with van der Waals surface area (Å²) in [5, 5.41) is 0. The highest BCUT2D eigenvalue weighted by Crippen LogP contribution is 2.28. The molecule has 7 heteroatoms. The van der Waals surface area contributed by atoms with Crippen LogP contribution in [0.15, 0.2) is 22.8 Å². The molecule has 130 valence electrons. The molecule has 1 aromatic heterocycles. The number of cyclic esters (lactones) is 1. The van der Waals surface area contributed by atoms with Crippen LogP contribution in [0, 0.1) is 5.41 Å². The lowest BCUT2D eigenvalue weighted by molar-refractivity contribution is -0.0153. The number of hydrogen-bond donors (Lipinski definition) is 0. The number of aromatic nitrogens is 1. The van der Waals surface area contributed by atoms with E-state index in [1.807, 2.05) is 15.9 Å². The van der Waals surface area contributed by atoms with Gasteiger partial charge in [-0.15, -0.1) is 0 Å². The zero-order valence-electron chi connectivity index (χ0n) is 14.0. The van der Waals surface area contributed by atoms with Crippen molar-refractivity contribution in [2.45, 2.75) is 32.7 Å². The summed E-state index contributed by atoms with van der Waals surface area (Å²) in [6.07, 6.45) is 1.31. The molecule has 0 atom stereocenters. The summed E-state index contributed by atoms with van der Waals surface area (Å²) in [6.45, 7) is 6.63. The summed E-state index contributed by atoms with van der Waals surface area (Å²) in [7, 11) is 0. The van der Waals surface area contributed by atoms with Crippen LogP contribution in [0.25, 0.3) is 0 Å². The number of ether oxygens (including phenoxy) is 1. The van der Waals surface area contributed by atoms with E-state index in [-0.39, 0.29) is 23.5 Å². The van der Waals surface area contributed by atoms with E-state index in [1.165, 1.54) is 0 Å². The fraction of sp³-hybridized carbons (Fsp3) is 0.588. The van der Waals surface area contributed by atoms with Gasteiger partial charge < -0.3 is 14.5 Å². The van der Waals surface area contributed by atoms with Gasteiger partial charge in [0.05, 0.1) is 6.61 Å². The minimum atomic E-state index is -0.229. The molecule has 2 aliphatic rings. The van der Waals surface area contributed by atoms with E-state index in [1.54, 1.807) is 12.1 Å². The minimum Gasteiger partial charge on any atom is -0.449 e. The van der Waals surface area contributed by atoms with Gasteiger partial charge in [0.15, 0.2) is 0 Å². The molecule has 24 heavy (non-hydrogen) atoms. The zero-order chi connectivity index (χ0) is 17.3. The number of nitrogens with zero attached hydrogens (tertiary/aromatic N) is 3. The third-order valence-electron chi connectivity index (χ3n) is 4.55. The van der Waals surface area contributed by atoms with E-state index >= 15 is 0 Å². The van der Waals surface area contributed by atoms with Crippen molar-refractivity contribution in [1.29, 1.82) is 0 Å². The highest BCUT2D eigenvalue weighted by molar-refractivity contribution is 9.10. The molecule has 0 aliphatic carbocycles. The molecule has 2 aliphatic heterocycles.